The van der Waals surface area contributed by atoms with Crippen molar-refractivity contribution in [2.75, 3.05) is 6.61 Å². The number of aliphatic hydroxyl groups excluding tert-OH is 1. The zero-order valence-corrected chi connectivity index (χ0v) is 11.3. The molecule has 3 aromatic rings. The van der Waals surface area contributed by atoms with Crippen LogP contribution >= 0.6 is 0 Å². The summed E-state index contributed by atoms with van der Waals surface area (Å²) in [5, 5.41) is 12.0. The van der Waals surface area contributed by atoms with E-state index in [-0.39, 0.29) is 0 Å². The van der Waals surface area contributed by atoms with Crippen molar-refractivity contribution in [1.29, 1.82) is 0 Å². The molecule has 0 aromatic heterocycles. The van der Waals surface area contributed by atoms with Gasteiger partial charge in [0, 0.05) is 0 Å². The number of rotatable bonds is 3. The Bertz CT molecular complexity index is 747. The fraction of sp³-hybridized carbons (Fsp3) is 0.176. The Morgan fingerprint density at radius 3 is 1.90 bits per heavy atom. The lowest BCUT2D eigenvalue weighted by atomic mass is 9.90. The van der Waals surface area contributed by atoms with Crippen molar-refractivity contribution < 1.29 is 13.9 Å². The van der Waals surface area contributed by atoms with Gasteiger partial charge in [-0.15, -0.1) is 0 Å². The first kappa shape index (κ1) is 13.9. The molecule has 0 unspecified atom stereocenters. The van der Waals surface area contributed by atoms with Crippen molar-refractivity contribution in [3.05, 3.63) is 60.2 Å². The largest absolute Gasteiger partial charge is 0.390 e. The molecule has 0 saturated heterocycles. The molecule has 2 nitrogen and oxygen atoms in total. The van der Waals surface area contributed by atoms with E-state index in [0.717, 1.165) is 10.8 Å². The number of halogens is 2. The molecule has 3 N–H and O–H groups in total. The van der Waals surface area contributed by atoms with Crippen molar-refractivity contribution >= 4 is 21.5 Å². The van der Waals surface area contributed by atoms with E-state index < -0.39 is 18.6 Å². The van der Waals surface area contributed by atoms with Crippen LogP contribution in [-0.4, -0.2) is 17.6 Å². The molecule has 0 radical (unpaired) electrons. The molecule has 3 rings (SSSR count). The van der Waals surface area contributed by atoms with Gasteiger partial charge in [0.15, 0.2) is 0 Å². The summed E-state index contributed by atoms with van der Waals surface area (Å²) < 4.78 is 27.8. The average molecular weight is 287 g/mol. The molecule has 0 aliphatic carbocycles. The van der Waals surface area contributed by atoms with Crippen molar-refractivity contribution in [2.24, 2.45) is 5.73 Å². The van der Waals surface area contributed by atoms with Crippen LogP contribution in [0, 0.1) is 0 Å². The molecule has 3 aromatic carbocycles. The lowest BCUT2D eigenvalue weighted by molar-refractivity contribution is -0.0705. The third-order valence-corrected chi connectivity index (χ3v) is 3.79. The minimum atomic E-state index is -3.37. The Balaban J connectivity index is 2.40. The Labute approximate surface area is 120 Å². The molecule has 1 atom stereocenters. The van der Waals surface area contributed by atoms with Crippen molar-refractivity contribution in [3.8, 4) is 0 Å². The summed E-state index contributed by atoms with van der Waals surface area (Å²) in [7, 11) is 0. The number of nitrogens with two attached hydrogens (primary N) is 1. The standard InChI is InChI=1S/C17H15F2NO/c18-17(19,10-21)16(20)15-13-7-3-1-5-11(13)9-12-6-2-4-8-14(12)15/h1-9,16,21H,10,20H2/t16-/m0/s1. The third kappa shape index (κ3) is 2.26. The van der Waals surface area contributed by atoms with E-state index in [4.69, 9.17) is 10.8 Å². The van der Waals surface area contributed by atoms with E-state index in [1.54, 1.807) is 24.3 Å². The van der Waals surface area contributed by atoms with Crippen molar-refractivity contribution in [1.82, 2.24) is 0 Å². The van der Waals surface area contributed by atoms with Gasteiger partial charge in [-0.1, -0.05) is 48.5 Å². The maximum atomic E-state index is 13.9. The first-order valence-electron chi connectivity index (χ1n) is 6.69. The van der Waals surface area contributed by atoms with Crippen molar-refractivity contribution in [2.45, 2.75) is 12.0 Å². The summed E-state index contributed by atoms with van der Waals surface area (Å²) in [4.78, 5) is 0. The highest BCUT2D eigenvalue weighted by Crippen LogP contribution is 2.38. The number of benzene rings is 3. The molecule has 0 fully saturated rings. The van der Waals surface area contributed by atoms with Gasteiger partial charge in [0.1, 0.15) is 6.61 Å². The van der Waals surface area contributed by atoms with Gasteiger partial charge < -0.3 is 10.8 Å². The second-order valence-electron chi connectivity index (χ2n) is 5.13. The molecule has 0 spiro atoms. The number of fused-ring (bicyclic) bond motifs is 2. The SMILES string of the molecule is N[C@@H](c1c2ccccc2cc2ccccc12)C(F)(F)CO. The lowest BCUT2D eigenvalue weighted by Gasteiger charge is -2.24. The smallest absolute Gasteiger partial charge is 0.289 e. The van der Waals surface area contributed by atoms with Gasteiger partial charge >= 0.3 is 0 Å². The van der Waals surface area contributed by atoms with Gasteiger partial charge in [-0.3, -0.25) is 0 Å². The molecule has 0 saturated carbocycles. The number of aliphatic hydroxyl groups is 1. The van der Waals surface area contributed by atoms with Gasteiger partial charge in [0.2, 0.25) is 0 Å². The van der Waals surface area contributed by atoms with E-state index in [1.807, 2.05) is 30.3 Å². The van der Waals surface area contributed by atoms with E-state index in [0.29, 0.717) is 16.3 Å². The fourth-order valence-corrected chi connectivity index (χ4v) is 2.69. The van der Waals surface area contributed by atoms with E-state index in [9.17, 15) is 8.78 Å². The zero-order valence-electron chi connectivity index (χ0n) is 11.3. The van der Waals surface area contributed by atoms with Crippen LogP contribution < -0.4 is 5.73 Å². The summed E-state index contributed by atoms with van der Waals surface area (Å²) >= 11 is 0. The molecule has 0 amide bonds. The first-order valence-corrected chi connectivity index (χ1v) is 6.69. The van der Waals surface area contributed by atoms with E-state index in [1.165, 1.54) is 0 Å². The zero-order chi connectivity index (χ0) is 15.0. The number of hydrogen-bond donors (Lipinski definition) is 2. The predicted molar refractivity (Wildman–Crippen MR) is 80.4 cm³/mol. The third-order valence-electron chi connectivity index (χ3n) is 3.79. The van der Waals surface area contributed by atoms with Gasteiger partial charge in [-0.05, 0) is 33.2 Å². The Morgan fingerprint density at radius 2 is 1.43 bits per heavy atom. The first-order chi connectivity index (χ1) is 10.0. The maximum absolute atomic E-state index is 13.9. The minimum absolute atomic E-state index is 0.378. The van der Waals surface area contributed by atoms with Crippen molar-refractivity contribution in [3.63, 3.8) is 0 Å². The van der Waals surface area contributed by atoms with Crippen LogP contribution in [0.1, 0.15) is 11.6 Å². The van der Waals surface area contributed by atoms with Gasteiger partial charge in [-0.2, -0.15) is 0 Å². The molecule has 0 bridgehead atoms. The Kier molecular flexibility index (Phi) is 3.35. The summed E-state index contributed by atoms with van der Waals surface area (Å²) in [6, 6.07) is 15.0. The second-order valence-corrected chi connectivity index (χ2v) is 5.13. The highest BCUT2D eigenvalue weighted by Gasteiger charge is 2.38. The van der Waals surface area contributed by atoms with Crippen LogP contribution in [0.3, 0.4) is 0 Å². The summed E-state index contributed by atoms with van der Waals surface area (Å²) in [5.41, 5.74) is 6.18. The van der Waals surface area contributed by atoms with Crippen LogP contribution in [-0.2, 0) is 0 Å². The molecule has 4 heteroatoms. The summed E-state index contributed by atoms with van der Waals surface area (Å²) in [5.74, 6) is -3.37. The topological polar surface area (TPSA) is 46.2 Å². The van der Waals surface area contributed by atoms with Gasteiger partial charge in [0.25, 0.3) is 5.92 Å². The van der Waals surface area contributed by atoms with Gasteiger partial charge in [-0.25, -0.2) is 8.78 Å². The Morgan fingerprint density at radius 1 is 0.952 bits per heavy atom. The summed E-state index contributed by atoms with van der Waals surface area (Å²) in [6.07, 6.45) is 0. The van der Waals surface area contributed by atoms with Crippen LogP contribution in [0.5, 0.6) is 0 Å². The highest BCUT2D eigenvalue weighted by molar-refractivity contribution is 6.02. The minimum Gasteiger partial charge on any atom is -0.390 e. The van der Waals surface area contributed by atoms with E-state index >= 15 is 0 Å². The van der Waals surface area contributed by atoms with Crippen LogP contribution in [0.15, 0.2) is 54.6 Å². The monoisotopic (exact) mass is 287 g/mol. The number of alkyl halides is 2. The van der Waals surface area contributed by atoms with Crippen LogP contribution in [0.4, 0.5) is 8.78 Å². The number of hydrogen-bond acceptors (Lipinski definition) is 2. The molecule has 0 heterocycles. The molecule has 21 heavy (non-hydrogen) atoms. The van der Waals surface area contributed by atoms with Crippen LogP contribution in [0.25, 0.3) is 21.5 Å². The molecule has 108 valence electrons. The maximum Gasteiger partial charge on any atom is 0.289 e. The molecule has 0 aliphatic heterocycles. The molecule has 0 aliphatic rings. The molecular weight excluding hydrogens is 272 g/mol. The predicted octanol–water partition coefficient (Wildman–Crippen LogP) is 3.62. The van der Waals surface area contributed by atoms with Gasteiger partial charge in [0.05, 0.1) is 6.04 Å². The summed E-state index contributed by atoms with van der Waals surface area (Å²) in [6.45, 7) is -1.27. The fourth-order valence-electron chi connectivity index (χ4n) is 2.69. The van der Waals surface area contributed by atoms with Crippen LogP contribution in [0.2, 0.25) is 0 Å². The quantitative estimate of drug-likeness (QED) is 0.723. The lowest BCUT2D eigenvalue weighted by Crippen LogP contribution is -2.36. The highest BCUT2D eigenvalue weighted by atomic mass is 19.3. The second kappa shape index (κ2) is 5.06. The average Bonchev–Trinajstić information content (AvgIpc) is 2.51. The molecular formula is C17H15F2NO. The normalized spacial score (nSPS) is 13.7. The Hall–Kier alpha value is -2.04. The van der Waals surface area contributed by atoms with E-state index in [2.05, 4.69) is 0 Å².